The molecule has 0 fully saturated rings. The lowest BCUT2D eigenvalue weighted by Crippen LogP contribution is -1.97. The maximum atomic E-state index is 5.28. The first-order valence-corrected chi connectivity index (χ1v) is 8.61. The van der Waals surface area contributed by atoms with Gasteiger partial charge in [0.2, 0.25) is 0 Å². The molecule has 0 aliphatic rings. The van der Waals surface area contributed by atoms with E-state index in [0.717, 1.165) is 39.7 Å². The van der Waals surface area contributed by atoms with E-state index in [1.807, 2.05) is 36.5 Å². The number of ether oxygens (including phenoxy) is 1. The van der Waals surface area contributed by atoms with Crippen LogP contribution in [0.2, 0.25) is 0 Å². The molecule has 0 atom stereocenters. The summed E-state index contributed by atoms with van der Waals surface area (Å²) >= 11 is 0. The zero-order chi connectivity index (χ0) is 18.1. The van der Waals surface area contributed by atoms with Crippen molar-refractivity contribution in [2.45, 2.75) is 13.8 Å². The van der Waals surface area contributed by atoms with Crippen molar-refractivity contribution < 1.29 is 4.74 Å². The van der Waals surface area contributed by atoms with E-state index in [1.54, 1.807) is 7.11 Å². The van der Waals surface area contributed by atoms with Gasteiger partial charge in [0.05, 0.1) is 7.11 Å². The largest absolute Gasteiger partial charge is 0.497 e. The highest BCUT2D eigenvalue weighted by atomic mass is 16.5. The van der Waals surface area contributed by atoms with E-state index in [9.17, 15) is 0 Å². The molecule has 26 heavy (non-hydrogen) atoms. The van der Waals surface area contributed by atoms with Crippen LogP contribution in [0.4, 0.5) is 11.5 Å². The first kappa shape index (κ1) is 16.2. The third kappa shape index (κ3) is 2.90. The summed E-state index contributed by atoms with van der Waals surface area (Å²) in [4.78, 5) is 4.91. The fourth-order valence-electron chi connectivity index (χ4n) is 3.05. The number of hydrogen-bond donors (Lipinski definition) is 1. The molecule has 4 nitrogen and oxygen atoms in total. The molecule has 0 unspecified atom stereocenters. The average Bonchev–Trinajstić information content (AvgIpc) is 3.04. The van der Waals surface area contributed by atoms with Crippen LogP contribution in [-0.4, -0.2) is 16.5 Å². The van der Waals surface area contributed by atoms with E-state index < -0.39 is 0 Å². The van der Waals surface area contributed by atoms with E-state index in [0.29, 0.717) is 0 Å². The number of imidazole rings is 1. The number of methoxy groups -OCH3 is 1. The Labute approximate surface area is 153 Å². The van der Waals surface area contributed by atoms with Gasteiger partial charge in [-0.2, -0.15) is 0 Å². The van der Waals surface area contributed by atoms with E-state index in [4.69, 9.17) is 9.72 Å². The highest BCUT2D eigenvalue weighted by Gasteiger charge is 2.15. The molecule has 0 saturated carbocycles. The number of nitrogens with zero attached hydrogens (tertiary/aromatic N) is 2. The molecule has 0 aliphatic heterocycles. The van der Waals surface area contributed by atoms with Gasteiger partial charge in [-0.1, -0.05) is 23.8 Å². The molecule has 0 aliphatic carbocycles. The molecule has 2 aromatic carbocycles. The minimum absolute atomic E-state index is 0.835. The molecule has 4 heteroatoms. The van der Waals surface area contributed by atoms with Gasteiger partial charge in [0, 0.05) is 17.4 Å². The Morgan fingerprint density at radius 2 is 1.65 bits per heavy atom. The second kappa shape index (κ2) is 6.56. The third-order valence-corrected chi connectivity index (χ3v) is 4.52. The number of rotatable bonds is 4. The van der Waals surface area contributed by atoms with Crippen LogP contribution >= 0.6 is 0 Å². The maximum absolute atomic E-state index is 5.28. The van der Waals surface area contributed by atoms with Crippen LogP contribution in [0, 0.1) is 13.8 Å². The van der Waals surface area contributed by atoms with Crippen molar-refractivity contribution in [3.8, 4) is 17.0 Å². The molecule has 1 N–H and O–H groups in total. The molecule has 4 rings (SSSR count). The van der Waals surface area contributed by atoms with Gasteiger partial charge < -0.3 is 10.1 Å². The van der Waals surface area contributed by atoms with Gasteiger partial charge in [-0.05, 0) is 61.9 Å². The van der Waals surface area contributed by atoms with Crippen molar-refractivity contribution in [2.75, 3.05) is 12.4 Å². The lowest BCUT2D eigenvalue weighted by Gasteiger charge is -2.10. The summed E-state index contributed by atoms with van der Waals surface area (Å²) in [6, 6.07) is 20.5. The fraction of sp³-hybridized carbons (Fsp3) is 0.136. The molecule has 0 amide bonds. The number of pyridine rings is 1. The van der Waals surface area contributed by atoms with E-state index >= 15 is 0 Å². The van der Waals surface area contributed by atoms with Gasteiger partial charge in [0.1, 0.15) is 22.9 Å². The minimum Gasteiger partial charge on any atom is -0.497 e. The first-order valence-electron chi connectivity index (χ1n) is 8.61. The predicted molar refractivity (Wildman–Crippen MR) is 106 cm³/mol. The molecule has 4 aromatic rings. The number of nitrogens with one attached hydrogen (secondary N) is 1. The quantitative estimate of drug-likeness (QED) is 0.541. The summed E-state index contributed by atoms with van der Waals surface area (Å²) in [7, 11) is 1.67. The Bertz CT molecular complexity index is 1050. The number of aryl methyl sites for hydroxylation is 2. The maximum Gasteiger partial charge on any atom is 0.143 e. The first-order chi connectivity index (χ1) is 12.7. The van der Waals surface area contributed by atoms with Gasteiger partial charge in [-0.25, -0.2) is 4.98 Å². The molecule has 0 spiro atoms. The Balaban J connectivity index is 1.87. The molecule has 2 aromatic heterocycles. The van der Waals surface area contributed by atoms with E-state index in [2.05, 4.69) is 53.9 Å². The Kier molecular flexibility index (Phi) is 4.09. The van der Waals surface area contributed by atoms with Gasteiger partial charge >= 0.3 is 0 Å². The van der Waals surface area contributed by atoms with Crippen LogP contribution in [0.5, 0.6) is 5.75 Å². The molecule has 2 heterocycles. The number of aromatic nitrogens is 2. The molecular weight excluding hydrogens is 322 g/mol. The monoisotopic (exact) mass is 343 g/mol. The lowest BCUT2D eigenvalue weighted by atomic mass is 10.1. The van der Waals surface area contributed by atoms with Gasteiger partial charge in [-0.3, -0.25) is 4.40 Å². The van der Waals surface area contributed by atoms with Crippen LogP contribution in [-0.2, 0) is 0 Å². The zero-order valence-electron chi connectivity index (χ0n) is 15.2. The summed E-state index contributed by atoms with van der Waals surface area (Å²) in [5, 5.41) is 3.55. The summed E-state index contributed by atoms with van der Waals surface area (Å²) < 4.78 is 7.38. The molecule has 130 valence electrons. The minimum atomic E-state index is 0.835. The fourth-order valence-corrected chi connectivity index (χ4v) is 3.05. The topological polar surface area (TPSA) is 38.6 Å². The molecule has 0 saturated heterocycles. The summed E-state index contributed by atoms with van der Waals surface area (Å²) in [6.07, 6.45) is 2.04. The Morgan fingerprint density at radius 1 is 0.923 bits per heavy atom. The van der Waals surface area contributed by atoms with Crippen molar-refractivity contribution in [1.82, 2.24) is 9.38 Å². The van der Waals surface area contributed by atoms with E-state index in [-0.39, 0.29) is 0 Å². The SMILES string of the molecule is COc1ccc(-c2nc3c(C)cccn3c2Nc2ccc(C)cc2)cc1. The van der Waals surface area contributed by atoms with Crippen molar-refractivity contribution >= 4 is 17.2 Å². The van der Waals surface area contributed by atoms with Gasteiger partial charge in [-0.15, -0.1) is 0 Å². The van der Waals surface area contributed by atoms with Crippen LogP contribution in [0.25, 0.3) is 16.9 Å². The normalized spacial score (nSPS) is 10.9. The standard InChI is InChI=1S/C22H21N3O/c1-15-6-10-18(11-7-15)23-22-20(17-8-12-19(26-3)13-9-17)24-21-16(2)5-4-14-25(21)22/h4-14,23H,1-3H3. The Hall–Kier alpha value is -3.27. The molecular formula is C22H21N3O. The Morgan fingerprint density at radius 3 is 2.35 bits per heavy atom. The average molecular weight is 343 g/mol. The van der Waals surface area contributed by atoms with Crippen molar-refractivity contribution in [2.24, 2.45) is 0 Å². The summed E-state index contributed by atoms with van der Waals surface area (Å²) in [6.45, 7) is 4.17. The van der Waals surface area contributed by atoms with Crippen LogP contribution < -0.4 is 10.1 Å². The summed E-state index contributed by atoms with van der Waals surface area (Å²) in [5.74, 6) is 1.79. The zero-order valence-corrected chi connectivity index (χ0v) is 15.2. The van der Waals surface area contributed by atoms with Gasteiger partial charge in [0.25, 0.3) is 0 Å². The molecule has 0 radical (unpaired) electrons. The lowest BCUT2D eigenvalue weighted by molar-refractivity contribution is 0.415. The number of benzene rings is 2. The third-order valence-electron chi connectivity index (χ3n) is 4.52. The van der Waals surface area contributed by atoms with Gasteiger partial charge in [0.15, 0.2) is 0 Å². The smallest absolute Gasteiger partial charge is 0.143 e. The second-order valence-electron chi connectivity index (χ2n) is 6.41. The predicted octanol–water partition coefficient (Wildman–Crippen LogP) is 5.37. The van der Waals surface area contributed by atoms with E-state index in [1.165, 1.54) is 5.56 Å². The van der Waals surface area contributed by atoms with Crippen molar-refractivity contribution in [3.63, 3.8) is 0 Å². The van der Waals surface area contributed by atoms with Crippen LogP contribution in [0.3, 0.4) is 0 Å². The van der Waals surface area contributed by atoms with Crippen molar-refractivity contribution in [3.05, 3.63) is 78.0 Å². The number of hydrogen-bond acceptors (Lipinski definition) is 3. The van der Waals surface area contributed by atoms with Crippen LogP contribution in [0.15, 0.2) is 66.9 Å². The van der Waals surface area contributed by atoms with Crippen molar-refractivity contribution in [1.29, 1.82) is 0 Å². The second-order valence-corrected chi connectivity index (χ2v) is 6.41. The number of fused-ring (bicyclic) bond motifs is 1. The summed E-state index contributed by atoms with van der Waals surface area (Å²) in [5.41, 5.74) is 6.33. The number of anilines is 2. The van der Waals surface area contributed by atoms with Crippen LogP contribution in [0.1, 0.15) is 11.1 Å². The molecule has 0 bridgehead atoms. The highest BCUT2D eigenvalue weighted by molar-refractivity contribution is 5.80. The highest BCUT2D eigenvalue weighted by Crippen LogP contribution is 2.32.